The molecule has 0 spiro atoms. The van der Waals surface area contributed by atoms with Crippen molar-refractivity contribution in [1.82, 2.24) is 5.32 Å². The third kappa shape index (κ3) is 4.12. The summed E-state index contributed by atoms with van der Waals surface area (Å²) in [6.07, 6.45) is 1.12. The minimum atomic E-state index is 0.0777. The Morgan fingerprint density at radius 2 is 2.10 bits per heavy atom. The lowest BCUT2D eigenvalue weighted by atomic mass is 10.0. The van der Waals surface area contributed by atoms with E-state index in [4.69, 9.17) is 11.6 Å². The quantitative estimate of drug-likeness (QED) is 0.894. The number of nitrogens with one attached hydrogen (secondary N) is 1. The van der Waals surface area contributed by atoms with E-state index < -0.39 is 0 Å². The Balaban J connectivity index is 2.12. The van der Waals surface area contributed by atoms with E-state index >= 15 is 0 Å². The first-order valence-electron chi connectivity index (χ1n) is 7.73. The molecule has 1 aliphatic rings. The van der Waals surface area contributed by atoms with Crippen LogP contribution in [0, 0.1) is 5.92 Å². The van der Waals surface area contributed by atoms with Crippen LogP contribution >= 0.6 is 11.6 Å². The van der Waals surface area contributed by atoms with E-state index in [1.807, 2.05) is 6.07 Å². The second-order valence-corrected chi connectivity index (χ2v) is 7.50. The van der Waals surface area contributed by atoms with Crippen LogP contribution in [-0.4, -0.2) is 29.8 Å². The van der Waals surface area contributed by atoms with Crippen LogP contribution in [0.3, 0.4) is 0 Å². The van der Waals surface area contributed by atoms with Gasteiger partial charge in [-0.25, -0.2) is 0 Å². The van der Waals surface area contributed by atoms with Crippen LogP contribution in [-0.2, 0) is 6.54 Å². The van der Waals surface area contributed by atoms with Crippen molar-refractivity contribution in [2.75, 3.05) is 18.1 Å². The van der Waals surface area contributed by atoms with Crippen molar-refractivity contribution in [3.63, 3.8) is 0 Å². The summed E-state index contributed by atoms with van der Waals surface area (Å²) in [7, 11) is 0. The van der Waals surface area contributed by atoms with Crippen LogP contribution in [0.4, 0.5) is 5.69 Å². The maximum atomic E-state index is 9.58. The summed E-state index contributed by atoms with van der Waals surface area (Å²) in [6, 6.07) is 6.45. The summed E-state index contributed by atoms with van der Waals surface area (Å²) in [5.41, 5.74) is 2.31. The Hall–Kier alpha value is -0.770. The second kappa shape index (κ2) is 6.55. The number of aliphatic hydroxyl groups is 1. The van der Waals surface area contributed by atoms with Gasteiger partial charge in [0.25, 0.3) is 0 Å². The average molecular weight is 311 g/mol. The standard InChI is InChI=1S/C17H27ClN2O/c1-12-7-8-20(16(12)11-21)14-6-5-13(15(18)9-14)10-19-17(2,3)4/h5-6,9,12,16,19,21H,7-8,10-11H2,1-4H3. The van der Waals surface area contributed by atoms with Gasteiger partial charge in [-0.2, -0.15) is 0 Å². The third-order valence-electron chi connectivity index (χ3n) is 4.25. The van der Waals surface area contributed by atoms with Crippen LogP contribution in [0.2, 0.25) is 5.02 Å². The fourth-order valence-electron chi connectivity index (χ4n) is 2.83. The Morgan fingerprint density at radius 3 is 2.67 bits per heavy atom. The molecule has 2 unspecified atom stereocenters. The lowest BCUT2D eigenvalue weighted by Crippen LogP contribution is -2.35. The molecule has 4 heteroatoms. The number of anilines is 1. The summed E-state index contributed by atoms with van der Waals surface area (Å²) < 4.78 is 0. The molecule has 0 saturated carbocycles. The molecule has 0 amide bonds. The first-order valence-corrected chi connectivity index (χ1v) is 8.10. The Kier molecular flexibility index (Phi) is 5.18. The molecule has 1 aliphatic heterocycles. The molecular weight excluding hydrogens is 284 g/mol. The zero-order valence-corrected chi connectivity index (χ0v) is 14.2. The van der Waals surface area contributed by atoms with Gasteiger partial charge < -0.3 is 15.3 Å². The molecule has 0 aliphatic carbocycles. The van der Waals surface area contributed by atoms with Gasteiger partial charge in [0.15, 0.2) is 0 Å². The number of hydrogen-bond donors (Lipinski definition) is 2. The van der Waals surface area contributed by atoms with Crippen molar-refractivity contribution in [1.29, 1.82) is 0 Å². The summed E-state index contributed by atoms with van der Waals surface area (Å²) in [6.45, 7) is 10.6. The van der Waals surface area contributed by atoms with Gasteiger partial charge in [-0.15, -0.1) is 0 Å². The molecule has 1 fully saturated rings. The zero-order chi connectivity index (χ0) is 15.6. The molecule has 3 nitrogen and oxygen atoms in total. The van der Waals surface area contributed by atoms with E-state index in [-0.39, 0.29) is 18.2 Å². The van der Waals surface area contributed by atoms with Crippen LogP contribution in [0.5, 0.6) is 0 Å². The monoisotopic (exact) mass is 310 g/mol. The Labute approximate surface area is 133 Å². The Bertz CT molecular complexity index is 484. The molecule has 0 aromatic heterocycles. The minimum Gasteiger partial charge on any atom is -0.394 e. The average Bonchev–Trinajstić information content (AvgIpc) is 2.77. The highest BCUT2D eigenvalue weighted by atomic mass is 35.5. The van der Waals surface area contributed by atoms with Crippen molar-refractivity contribution >= 4 is 17.3 Å². The van der Waals surface area contributed by atoms with Crippen LogP contribution < -0.4 is 10.2 Å². The number of nitrogens with zero attached hydrogens (tertiary/aromatic N) is 1. The predicted octanol–water partition coefficient (Wildman–Crippen LogP) is 3.44. The van der Waals surface area contributed by atoms with Crippen LogP contribution in [0.25, 0.3) is 0 Å². The summed E-state index contributed by atoms with van der Waals surface area (Å²) in [5.74, 6) is 0.524. The minimum absolute atomic E-state index is 0.0777. The molecule has 0 bridgehead atoms. The maximum absolute atomic E-state index is 9.58. The molecule has 1 saturated heterocycles. The van der Waals surface area contributed by atoms with Crippen molar-refractivity contribution in [2.24, 2.45) is 5.92 Å². The maximum Gasteiger partial charge on any atom is 0.0637 e. The summed E-state index contributed by atoms with van der Waals surface area (Å²) in [4.78, 5) is 2.28. The molecule has 1 heterocycles. The molecule has 2 rings (SSSR count). The summed E-state index contributed by atoms with van der Waals surface area (Å²) >= 11 is 6.43. The topological polar surface area (TPSA) is 35.5 Å². The lowest BCUT2D eigenvalue weighted by molar-refractivity contribution is 0.245. The molecule has 0 radical (unpaired) electrons. The van der Waals surface area contributed by atoms with Crippen LogP contribution in [0.15, 0.2) is 18.2 Å². The van der Waals surface area contributed by atoms with Gasteiger partial charge in [0.05, 0.1) is 12.6 Å². The van der Waals surface area contributed by atoms with E-state index in [1.54, 1.807) is 0 Å². The highest BCUT2D eigenvalue weighted by Crippen LogP contribution is 2.32. The largest absolute Gasteiger partial charge is 0.394 e. The highest BCUT2D eigenvalue weighted by molar-refractivity contribution is 6.31. The molecule has 2 atom stereocenters. The van der Waals surface area contributed by atoms with E-state index in [0.29, 0.717) is 5.92 Å². The van der Waals surface area contributed by atoms with Crippen molar-refractivity contribution in [3.05, 3.63) is 28.8 Å². The molecule has 21 heavy (non-hydrogen) atoms. The molecule has 1 aromatic carbocycles. The van der Waals surface area contributed by atoms with Gasteiger partial charge in [-0.05, 0) is 50.8 Å². The highest BCUT2D eigenvalue weighted by Gasteiger charge is 2.30. The fourth-order valence-corrected chi connectivity index (χ4v) is 3.07. The van der Waals surface area contributed by atoms with Crippen LogP contribution in [0.1, 0.15) is 39.7 Å². The van der Waals surface area contributed by atoms with Gasteiger partial charge >= 0.3 is 0 Å². The van der Waals surface area contributed by atoms with E-state index in [2.05, 4.69) is 50.0 Å². The number of benzene rings is 1. The van der Waals surface area contributed by atoms with E-state index in [0.717, 1.165) is 35.8 Å². The SMILES string of the molecule is CC1CCN(c2ccc(CNC(C)(C)C)c(Cl)c2)C1CO. The smallest absolute Gasteiger partial charge is 0.0637 e. The van der Waals surface area contributed by atoms with Crippen molar-refractivity contribution in [2.45, 2.75) is 52.2 Å². The first kappa shape index (κ1) is 16.6. The predicted molar refractivity (Wildman–Crippen MR) is 90.0 cm³/mol. The number of rotatable bonds is 4. The fraction of sp³-hybridized carbons (Fsp3) is 0.647. The number of hydrogen-bond acceptors (Lipinski definition) is 3. The molecule has 2 N–H and O–H groups in total. The first-order chi connectivity index (χ1) is 9.81. The van der Waals surface area contributed by atoms with Gasteiger partial charge in [0.1, 0.15) is 0 Å². The third-order valence-corrected chi connectivity index (χ3v) is 4.60. The zero-order valence-electron chi connectivity index (χ0n) is 13.5. The van der Waals surface area contributed by atoms with Gasteiger partial charge in [-0.3, -0.25) is 0 Å². The number of halogens is 1. The molecular formula is C17H27ClN2O. The van der Waals surface area contributed by atoms with Crippen molar-refractivity contribution < 1.29 is 5.11 Å². The van der Waals surface area contributed by atoms with Gasteiger partial charge in [-0.1, -0.05) is 24.6 Å². The lowest BCUT2D eigenvalue weighted by Gasteiger charge is -2.28. The van der Waals surface area contributed by atoms with Gasteiger partial charge in [0.2, 0.25) is 0 Å². The summed E-state index contributed by atoms with van der Waals surface area (Å²) in [5, 5.41) is 13.8. The molecule has 118 valence electrons. The normalized spacial score (nSPS) is 22.9. The van der Waals surface area contributed by atoms with Crippen molar-refractivity contribution in [3.8, 4) is 0 Å². The van der Waals surface area contributed by atoms with Gasteiger partial charge in [0, 0.05) is 29.3 Å². The van der Waals surface area contributed by atoms with E-state index in [1.165, 1.54) is 0 Å². The van der Waals surface area contributed by atoms with E-state index in [9.17, 15) is 5.11 Å². The number of aliphatic hydroxyl groups excluding tert-OH is 1. The molecule has 1 aromatic rings. The Morgan fingerprint density at radius 1 is 1.38 bits per heavy atom. The second-order valence-electron chi connectivity index (χ2n) is 7.09.